The van der Waals surface area contributed by atoms with Crippen molar-refractivity contribution < 1.29 is 29.0 Å². The molecule has 8 heteroatoms. The summed E-state index contributed by atoms with van der Waals surface area (Å²) in [4.78, 5) is 37.8. The van der Waals surface area contributed by atoms with Gasteiger partial charge in [-0.05, 0) is 43.0 Å². The number of carbonyl (C=O) groups excluding carboxylic acids is 2. The number of ether oxygens (including phenoxy) is 2. The van der Waals surface area contributed by atoms with E-state index in [-0.39, 0.29) is 25.5 Å². The highest BCUT2D eigenvalue weighted by molar-refractivity contribution is 5.82. The van der Waals surface area contributed by atoms with Crippen LogP contribution in [0.5, 0.6) is 0 Å². The van der Waals surface area contributed by atoms with Gasteiger partial charge >= 0.3 is 18.2 Å². The summed E-state index contributed by atoms with van der Waals surface area (Å²) in [6.07, 6.45) is -1.28. The Bertz CT molecular complexity index is 1030. The summed E-state index contributed by atoms with van der Waals surface area (Å²) in [6.45, 7) is 5.33. The number of benzene rings is 2. The summed E-state index contributed by atoms with van der Waals surface area (Å²) in [5.74, 6) is -1.21. The van der Waals surface area contributed by atoms with Crippen LogP contribution >= 0.6 is 0 Å². The van der Waals surface area contributed by atoms with E-state index in [4.69, 9.17) is 9.47 Å². The van der Waals surface area contributed by atoms with Gasteiger partial charge in [-0.15, -0.1) is 0 Å². The lowest BCUT2D eigenvalue weighted by molar-refractivity contribution is -0.142. The second-order valence-electron chi connectivity index (χ2n) is 9.39. The van der Waals surface area contributed by atoms with Crippen molar-refractivity contribution in [2.24, 2.45) is 0 Å². The normalized spacial score (nSPS) is 19.5. The molecular formula is C25H28N2O6. The summed E-state index contributed by atoms with van der Waals surface area (Å²) in [5.41, 5.74) is 3.73. The van der Waals surface area contributed by atoms with Gasteiger partial charge in [0.1, 0.15) is 18.2 Å². The van der Waals surface area contributed by atoms with Gasteiger partial charge in [-0.1, -0.05) is 48.5 Å². The number of nitrogens with one attached hydrogen (secondary N) is 1. The summed E-state index contributed by atoms with van der Waals surface area (Å²) in [5, 5.41) is 12.2. The van der Waals surface area contributed by atoms with Gasteiger partial charge in [0, 0.05) is 18.9 Å². The van der Waals surface area contributed by atoms with Crippen LogP contribution in [0.25, 0.3) is 11.1 Å². The van der Waals surface area contributed by atoms with E-state index >= 15 is 0 Å². The molecule has 2 N–H and O–H groups in total. The molecule has 33 heavy (non-hydrogen) atoms. The molecule has 0 aromatic heterocycles. The molecule has 0 unspecified atom stereocenters. The second kappa shape index (κ2) is 8.77. The van der Waals surface area contributed by atoms with E-state index < -0.39 is 35.8 Å². The summed E-state index contributed by atoms with van der Waals surface area (Å²) in [6, 6.07) is 14.5. The molecule has 1 heterocycles. The van der Waals surface area contributed by atoms with Crippen LogP contribution in [-0.2, 0) is 14.3 Å². The monoisotopic (exact) mass is 452 g/mol. The maximum Gasteiger partial charge on any atom is 0.411 e. The van der Waals surface area contributed by atoms with Crippen LogP contribution in [0.15, 0.2) is 48.5 Å². The number of carboxylic acid groups (broad SMARTS) is 1. The lowest BCUT2D eigenvalue weighted by Crippen LogP contribution is -2.44. The molecule has 0 spiro atoms. The van der Waals surface area contributed by atoms with Gasteiger partial charge in [-0.2, -0.15) is 0 Å². The number of likely N-dealkylation sites (tertiary alicyclic amines) is 1. The van der Waals surface area contributed by atoms with E-state index in [1.807, 2.05) is 36.4 Å². The van der Waals surface area contributed by atoms with Gasteiger partial charge in [0.2, 0.25) is 0 Å². The van der Waals surface area contributed by atoms with Crippen LogP contribution in [0.4, 0.5) is 9.59 Å². The van der Waals surface area contributed by atoms with E-state index in [1.165, 1.54) is 0 Å². The van der Waals surface area contributed by atoms with Crippen LogP contribution in [0.1, 0.15) is 44.2 Å². The van der Waals surface area contributed by atoms with Crippen LogP contribution in [0.3, 0.4) is 0 Å². The minimum Gasteiger partial charge on any atom is -0.480 e. The predicted octanol–water partition coefficient (Wildman–Crippen LogP) is 3.99. The Morgan fingerprint density at radius 1 is 1.03 bits per heavy atom. The van der Waals surface area contributed by atoms with Gasteiger partial charge in [0.25, 0.3) is 0 Å². The van der Waals surface area contributed by atoms with Gasteiger partial charge in [-0.3, -0.25) is 4.90 Å². The first kappa shape index (κ1) is 22.6. The van der Waals surface area contributed by atoms with Gasteiger partial charge in [0.05, 0.1) is 6.04 Å². The number of hydrogen-bond acceptors (Lipinski definition) is 5. The van der Waals surface area contributed by atoms with Crippen molar-refractivity contribution in [2.75, 3.05) is 13.2 Å². The fraction of sp³-hybridized carbons (Fsp3) is 0.400. The molecule has 0 radical (unpaired) electrons. The first-order valence-corrected chi connectivity index (χ1v) is 11.0. The number of carboxylic acids is 1. The fourth-order valence-corrected chi connectivity index (χ4v) is 4.50. The Labute approximate surface area is 192 Å². The van der Waals surface area contributed by atoms with E-state index in [1.54, 1.807) is 20.8 Å². The Balaban J connectivity index is 1.39. The summed E-state index contributed by atoms with van der Waals surface area (Å²) < 4.78 is 10.9. The third-order valence-corrected chi connectivity index (χ3v) is 5.88. The molecule has 2 aliphatic rings. The molecule has 2 aromatic rings. The second-order valence-corrected chi connectivity index (χ2v) is 9.39. The van der Waals surface area contributed by atoms with E-state index in [9.17, 15) is 19.5 Å². The standard InChI is InChI=1S/C25H28N2O6/c1-25(2,3)33-24(31)27-13-15(12-21(27)22(28)29)26-23(30)32-14-20-18-10-6-4-8-16(18)17-9-5-7-11-19(17)20/h4-11,15,20-21H,12-14H2,1-3H3,(H,26,30)(H,28,29)/t15-,21+/m0/s1. The molecule has 8 nitrogen and oxygen atoms in total. The number of fused-ring (bicyclic) bond motifs is 3. The molecule has 174 valence electrons. The van der Waals surface area contributed by atoms with E-state index in [0.717, 1.165) is 27.2 Å². The molecule has 2 aromatic carbocycles. The van der Waals surface area contributed by atoms with E-state index in [2.05, 4.69) is 17.4 Å². The first-order valence-electron chi connectivity index (χ1n) is 11.0. The lowest BCUT2D eigenvalue weighted by Gasteiger charge is -2.26. The first-order chi connectivity index (χ1) is 15.6. The van der Waals surface area contributed by atoms with Crippen molar-refractivity contribution in [2.45, 2.75) is 50.8 Å². The lowest BCUT2D eigenvalue weighted by atomic mass is 9.98. The highest BCUT2D eigenvalue weighted by Crippen LogP contribution is 2.44. The molecule has 0 saturated carbocycles. The van der Waals surface area contributed by atoms with Crippen LogP contribution < -0.4 is 5.32 Å². The average molecular weight is 453 g/mol. The zero-order valence-electron chi connectivity index (χ0n) is 18.9. The molecule has 4 rings (SSSR count). The van der Waals surface area contributed by atoms with Crippen LogP contribution in [-0.4, -0.2) is 59.0 Å². The van der Waals surface area contributed by atoms with Gasteiger partial charge in [-0.25, -0.2) is 14.4 Å². The summed E-state index contributed by atoms with van der Waals surface area (Å²) in [7, 11) is 0. The number of aliphatic carboxylic acids is 1. The maximum atomic E-state index is 12.5. The fourth-order valence-electron chi connectivity index (χ4n) is 4.50. The number of nitrogens with zero attached hydrogens (tertiary/aromatic N) is 1. The Morgan fingerprint density at radius 2 is 1.61 bits per heavy atom. The number of amides is 2. The highest BCUT2D eigenvalue weighted by atomic mass is 16.6. The van der Waals surface area contributed by atoms with Crippen molar-refractivity contribution in [1.29, 1.82) is 0 Å². The van der Waals surface area contributed by atoms with Crippen molar-refractivity contribution in [3.63, 3.8) is 0 Å². The highest BCUT2D eigenvalue weighted by Gasteiger charge is 2.42. The number of hydrogen-bond donors (Lipinski definition) is 2. The van der Waals surface area contributed by atoms with Gasteiger partial charge < -0.3 is 19.9 Å². The molecular weight excluding hydrogens is 424 g/mol. The average Bonchev–Trinajstić information content (AvgIpc) is 3.31. The van der Waals surface area contributed by atoms with Crippen molar-refractivity contribution in [3.8, 4) is 11.1 Å². The minimum absolute atomic E-state index is 0.0378. The van der Waals surface area contributed by atoms with Crippen molar-refractivity contribution in [1.82, 2.24) is 10.2 Å². The molecule has 1 aliphatic heterocycles. The maximum absolute atomic E-state index is 12.5. The summed E-state index contributed by atoms with van der Waals surface area (Å²) >= 11 is 0. The zero-order chi connectivity index (χ0) is 23.8. The molecule has 2 atom stereocenters. The molecule has 1 saturated heterocycles. The van der Waals surface area contributed by atoms with Crippen molar-refractivity contribution >= 4 is 18.2 Å². The Hall–Kier alpha value is -3.55. The zero-order valence-corrected chi connectivity index (χ0v) is 18.9. The predicted molar refractivity (Wildman–Crippen MR) is 121 cm³/mol. The molecule has 0 bridgehead atoms. The number of carbonyl (C=O) groups is 3. The van der Waals surface area contributed by atoms with Crippen molar-refractivity contribution in [3.05, 3.63) is 59.7 Å². The number of alkyl carbamates (subject to hydrolysis) is 1. The smallest absolute Gasteiger partial charge is 0.411 e. The van der Waals surface area contributed by atoms with Gasteiger partial charge in [0.15, 0.2) is 0 Å². The van der Waals surface area contributed by atoms with Crippen LogP contribution in [0.2, 0.25) is 0 Å². The quantitative estimate of drug-likeness (QED) is 0.727. The number of rotatable bonds is 4. The molecule has 2 amide bonds. The topological polar surface area (TPSA) is 105 Å². The SMILES string of the molecule is CC(C)(C)OC(=O)N1C[C@@H](NC(=O)OCC2c3ccccc3-c3ccccc32)C[C@@H]1C(=O)O. The molecule has 1 fully saturated rings. The minimum atomic E-state index is -1.14. The van der Waals surface area contributed by atoms with Crippen LogP contribution in [0, 0.1) is 0 Å². The third kappa shape index (κ3) is 4.79. The third-order valence-electron chi connectivity index (χ3n) is 5.88. The Morgan fingerprint density at radius 3 is 2.15 bits per heavy atom. The molecule has 1 aliphatic carbocycles. The largest absolute Gasteiger partial charge is 0.480 e. The van der Waals surface area contributed by atoms with E-state index in [0.29, 0.717) is 0 Å². The Kier molecular flexibility index (Phi) is 6.01.